The monoisotopic (exact) mass is 223 g/mol. The van der Waals surface area contributed by atoms with Crippen molar-refractivity contribution in [3.8, 4) is 6.07 Å². The number of nitriles is 1. The van der Waals surface area contributed by atoms with Crippen molar-refractivity contribution in [2.24, 2.45) is 10.8 Å². The van der Waals surface area contributed by atoms with Crippen LogP contribution in [0.3, 0.4) is 0 Å². The molecule has 0 N–H and O–H groups in total. The Balaban J connectivity index is 2.71. The van der Waals surface area contributed by atoms with E-state index < -0.39 is 5.41 Å². The zero-order chi connectivity index (χ0) is 12.2. The fourth-order valence-corrected chi connectivity index (χ4v) is 2.77. The predicted octanol–water partition coefficient (Wildman–Crippen LogP) is 3.05. The summed E-state index contributed by atoms with van der Waals surface area (Å²) in [4.78, 5) is 11.5. The Hall–Kier alpha value is -1.04. The van der Waals surface area contributed by atoms with Crippen molar-refractivity contribution >= 4 is 5.97 Å². The summed E-state index contributed by atoms with van der Waals surface area (Å²) in [6.07, 6.45) is 4.04. The van der Waals surface area contributed by atoms with Crippen molar-refractivity contribution in [1.29, 1.82) is 5.26 Å². The van der Waals surface area contributed by atoms with Crippen LogP contribution in [-0.2, 0) is 9.53 Å². The van der Waals surface area contributed by atoms with Crippen LogP contribution in [0.4, 0.5) is 0 Å². The third-order valence-corrected chi connectivity index (χ3v) is 3.35. The smallest absolute Gasteiger partial charge is 0.307 e. The highest BCUT2D eigenvalue weighted by Gasteiger charge is 2.42. The molecule has 1 rings (SSSR count). The summed E-state index contributed by atoms with van der Waals surface area (Å²) in [5.74, 6) is -0.234. The molecule has 1 aliphatic rings. The van der Waals surface area contributed by atoms with Gasteiger partial charge >= 0.3 is 5.97 Å². The molecule has 0 spiro atoms. The zero-order valence-corrected chi connectivity index (χ0v) is 10.5. The minimum atomic E-state index is -0.492. The van der Waals surface area contributed by atoms with E-state index in [0.29, 0.717) is 6.61 Å². The van der Waals surface area contributed by atoms with Crippen LogP contribution in [0.5, 0.6) is 0 Å². The molecule has 3 nitrogen and oxygen atoms in total. The van der Waals surface area contributed by atoms with E-state index in [0.717, 1.165) is 25.7 Å². The largest absolute Gasteiger partial charge is 0.466 e. The average Bonchev–Trinajstić information content (AvgIpc) is 2.16. The molecule has 1 saturated carbocycles. The molecule has 1 unspecified atom stereocenters. The van der Waals surface area contributed by atoms with Crippen LogP contribution in [-0.4, -0.2) is 12.6 Å². The molecule has 0 amide bonds. The lowest BCUT2D eigenvalue weighted by Gasteiger charge is -2.40. The summed E-state index contributed by atoms with van der Waals surface area (Å²) in [5, 5.41) is 9.33. The van der Waals surface area contributed by atoms with Crippen LogP contribution in [0.1, 0.15) is 52.9 Å². The highest BCUT2D eigenvalue weighted by Crippen LogP contribution is 2.47. The molecular formula is C13H21NO2. The van der Waals surface area contributed by atoms with Crippen LogP contribution in [0.25, 0.3) is 0 Å². The van der Waals surface area contributed by atoms with Gasteiger partial charge in [0.1, 0.15) is 0 Å². The van der Waals surface area contributed by atoms with Crippen molar-refractivity contribution in [3.05, 3.63) is 0 Å². The second kappa shape index (κ2) is 4.86. The number of carbonyl (C=O) groups is 1. The molecule has 0 aromatic heterocycles. The van der Waals surface area contributed by atoms with Crippen LogP contribution in [0.15, 0.2) is 0 Å². The number of hydrogen-bond donors (Lipinski definition) is 0. The molecule has 0 aliphatic heterocycles. The third-order valence-electron chi connectivity index (χ3n) is 3.35. The number of rotatable bonds is 3. The zero-order valence-electron chi connectivity index (χ0n) is 10.5. The first-order valence-electron chi connectivity index (χ1n) is 6.00. The fraction of sp³-hybridized carbons (Fsp3) is 0.846. The lowest BCUT2D eigenvalue weighted by molar-refractivity contribution is -0.146. The molecule has 0 bridgehead atoms. The van der Waals surface area contributed by atoms with Gasteiger partial charge in [0.05, 0.1) is 24.5 Å². The van der Waals surface area contributed by atoms with Crippen molar-refractivity contribution in [1.82, 2.24) is 0 Å². The normalized spacial score (nSPS) is 28.1. The van der Waals surface area contributed by atoms with Gasteiger partial charge in [0, 0.05) is 0 Å². The Bertz CT molecular complexity index is 304. The summed E-state index contributed by atoms with van der Waals surface area (Å²) in [6, 6.07) is 2.36. The first kappa shape index (κ1) is 13.0. The van der Waals surface area contributed by atoms with Gasteiger partial charge in [-0.05, 0) is 31.6 Å². The molecule has 0 aromatic rings. The van der Waals surface area contributed by atoms with E-state index >= 15 is 0 Å². The second-order valence-electron chi connectivity index (χ2n) is 5.57. The van der Waals surface area contributed by atoms with Crippen LogP contribution < -0.4 is 0 Å². The Morgan fingerprint density at radius 2 is 2.12 bits per heavy atom. The number of nitrogens with zero attached hydrogens (tertiary/aromatic N) is 1. The predicted molar refractivity (Wildman–Crippen MR) is 61.5 cm³/mol. The summed E-state index contributed by atoms with van der Waals surface area (Å²) < 4.78 is 4.95. The van der Waals surface area contributed by atoms with Crippen LogP contribution in [0, 0.1) is 22.2 Å². The van der Waals surface area contributed by atoms with E-state index in [1.807, 2.05) is 0 Å². The van der Waals surface area contributed by atoms with Gasteiger partial charge in [-0.25, -0.2) is 0 Å². The molecule has 16 heavy (non-hydrogen) atoms. The van der Waals surface area contributed by atoms with Crippen LogP contribution >= 0.6 is 0 Å². The molecule has 3 heteroatoms. The van der Waals surface area contributed by atoms with E-state index in [2.05, 4.69) is 19.9 Å². The van der Waals surface area contributed by atoms with E-state index in [1.165, 1.54) is 0 Å². The van der Waals surface area contributed by atoms with E-state index in [-0.39, 0.29) is 17.8 Å². The third kappa shape index (κ3) is 3.23. The van der Waals surface area contributed by atoms with Gasteiger partial charge in [0.25, 0.3) is 0 Å². The SMILES string of the molecule is CCOC(=O)CC1(C#N)CCCC(C)(C)C1. The molecule has 0 radical (unpaired) electrons. The fourth-order valence-electron chi connectivity index (χ4n) is 2.77. The van der Waals surface area contributed by atoms with Crippen molar-refractivity contribution < 1.29 is 9.53 Å². The summed E-state index contributed by atoms with van der Waals surface area (Å²) >= 11 is 0. The lowest BCUT2D eigenvalue weighted by Crippen LogP contribution is -2.34. The van der Waals surface area contributed by atoms with Gasteiger partial charge < -0.3 is 4.74 Å². The first-order chi connectivity index (χ1) is 7.43. The molecule has 0 heterocycles. The minimum Gasteiger partial charge on any atom is -0.466 e. The Kier molecular flexibility index (Phi) is 3.96. The van der Waals surface area contributed by atoms with Gasteiger partial charge in [-0.1, -0.05) is 20.3 Å². The maximum atomic E-state index is 11.5. The number of carbonyl (C=O) groups excluding carboxylic acids is 1. The summed E-state index contributed by atoms with van der Waals surface area (Å²) in [5.41, 5.74) is -0.325. The molecule has 0 saturated heterocycles. The summed E-state index contributed by atoms with van der Waals surface area (Å²) in [6.45, 7) is 6.53. The van der Waals surface area contributed by atoms with E-state index in [4.69, 9.17) is 4.74 Å². The quantitative estimate of drug-likeness (QED) is 0.691. The highest BCUT2D eigenvalue weighted by atomic mass is 16.5. The Morgan fingerprint density at radius 3 is 2.62 bits per heavy atom. The molecular weight excluding hydrogens is 202 g/mol. The maximum Gasteiger partial charge on any atom is 0.307 e. The molecule has 1 atom stereocenters. The standard InChI is InChI=1S/C13H21NO2/c1-4-16-11(15)8-13(10-14)7-5-6-12(2,3)9-13/h4-9H2,1-3H3. The number of ether oxygens (including phenoxy) is 1. The van der Waals surface area contributed by atoms with Crippen molar-refractivity contribution in [3.63, 3.8) is 0 Å². The van der Waals surface area contributed by atoms with Gasteiger partial charge in [-0.15, -0.1) is 0 Å². The van der Waals surface area contributed by atoms with E-state index in [9.17, 15) is 10.1 Å². The Labute approximate surface area is 97.8 Å². The second-order valence-corrected chi connectivity index (χ2v) is 5.57. The topological polar surface area (TPSA) is 50.1 Å². The van der Waals surface area contributed by atoms with Gasteiger partial charge in [0.2, 0.25) is 0 Å². The van der Waals surface area contributed by atoms with Gasteiger partial charge in [-0.3, -0.25) is 4.79 Å². The average molecular weight is 223 g/mol. The molecule has 0 aromatic carbocycles. The molecule has 90 valence electrons. The van der Waals surface area contributed by atoms with Crippen molar-refractivity contribution in [2.75, 3.05) is 6.61 Å². The van der Waals surface area contributed by atoms with Crippen molar-refractivity contribution in [2.45, 2.75) is 52.9 Å². The maximum absolute atomic E-state index is 11.5. The molecule has 1 aliphatic carbocycles. The van der Waals surface area contributed by atoms with Gasteiger partial charge in [-0.2, -0.15) is 5.26 Å². The van der Waals surface area contributed by atoms with Gasteiger partial charge in [0.15, 0.2) is 0 Å². The lowest BCUT2D eigenvalue weighted by atomic mass is 9.63. The Morgan fingerprint density at radius 1 is 1.44 bits per heavy atom. The number of esters is 1. The molecule has 1 fully saturated rings. The highest BCUT2D eigenvalue weighted by molar-refractivity contribution is 5.70. The summed E-state index contributed by atoms with van der Waals surface area (Å²) in [7, 11) is 0. The first-order valence-corrected chi connectivity index (χ1v) is 6.00. The van der Waals surface area contributed by atoms with Crippen LogP contribution in [0.2, 0.25) is 0 Å². The number of hydrogen-bond acceptors (Lipinski definition) is 3. The minimum absolute atomic E-state index is 0.167. The van der Waals surface area contributed by atoms with E-state index in [1.54, 1.807) is 6.92 Å².